The molecule has 2 atom stereocenters. The zero-order valence-corrected chi connectivity index (χ0v) is 13.0. The van der Waals surface area contributed by atoms with Crippen molar-refractivity contribution in [1.82, 2.24) is 19.6 Å². The number of fused-ring (bicyclic) bond motifs is 3. The molecule has 0 aromatic carbocycles. The fourth-order valence-corrected chi connectivity index (χ4v) is 3.44. The van der Waals surface area contributed by atoms with Crippen molar-refractivity contribution in [3.63, 3.8) is 0 Å². The molecule has 0 amide bonds. The first-order valence-corrected chi connectivity index (χ1v) is 7.91. The number of nitrogens with zero attached hydrogens (tertiary/aromatic N) is 4. The number of ether oxygens (including phenoxy) is 1. The van der Waals surface area contributed by atoms with Crippen molar-refractivity contribution in [2.75, 3.05) is 39.4 Å². The fraction of sp³-hybridized carbons (Fsp3) is 0.733. The summed E-state index contributed by atoms with van der Waals surface area (Å²) < 4.78 is 7.71. The number of aromatic nitrogens is 2. The lowest BCUT2D eigenvalue weighted by Gasteiger charge is -2.30. The van der Waals surface area contributed by atoms with Crippen LogP contribution in [0.4, 0.5) is 0 Å². The van der Waals surface area contributed by atoms with Crippen LogP contribution in [0.2, 0.25) is 0 Å². The van der Waals surface area contributed by atoms with Crippen molar-refractivity contribution < 1.29 is 14.6 Å². The molecule has 0 aliphatic carbocycles. The zero-order chi connectivity index (χ0) is 15.5. The molecule has 2 aliphatic rings. The first kappa shape index (κ1) is 15.5. The summed E-state index contributed by atoms with van der Waals surface area (Å²) in [5.74, 6) is -0.385. The van der Waals surface area contributed by atoms with Crippen LogP contribution in [0.1, 0.15) is 12.5 Å². The van der Waals surface area contributed by atoms with Gasteiger partial charge >= 0.3 is 5.97 Å². The van der Waals surface area contributed by atoms with Crippen molar-refractivity contribution in [3.05, 3.63) is 18.0 Å². The molecule has 2 fully saturated rings. The maximum absolute atomic E-state index is 11.0. The van der Waals surface area contributed by atoms with Crippen LogP contribution in [0.25, 0.3) is 0 Å². The number of hydrogen-bond donors (Lipinski definition) is 1. The number of carbonyl (C=O) groups is 1. The van der Waals surface area contributed by atoms with Crippen LogP contribution in [-0.4, -0.2) is 76.1 Å². The SMILES string of the molecule is CCn1cc(CN2C[C@H]3COC[C@@H]2CN(CC(=O)O)C3)cn1. The standard InChI is InChI=1S/C15H24N4O3/c1-2-19-7-12(3-16-19)5-18-6-13-4-17(9-15(20)21)8-14(18)11-22-10-13/h3,7,13-14H,2,4-6,8-11H2,1H3,(H,20,21)/t13-,14-/m0/s1. The summed E-state index contributed by atoms with van der Waals surface area (Å²) in [7, 11) is 0. The minimum Gasteiger partial charge on any atom is -0.480 e. The Labute approximate surface area is 130 Å². The molecule has 0 radical (unpaired) electrons. The number of hydrogen-bond acceptors (Lipinski definition) is 5. The second-order valence-electron chi connectivity index (χ2n) is 6.28. The Bertz CT molecular complexity index is 519. The van der Waals surface area contributed by atoms with Gasteiger partial charge in [0.15, 0.2) is 0 Å². The molecule has 3 rings (SSSR count). The molecule has 0 unspecified atom stereocenters. The van der Waals surface area contributed by atoms with Gasteiger partial charge in [-0.05, 0) is 6.92 Å². The van der Waals surface area contributed by atoms with Gasteiger partial charge < -0.3 is 9.84 Å². The van der Waals surface area contributed by atoms with Crippen LogP contribution >= 0.6 is 0 Å². The third-order valence-corrected chi connectivity index (χ3v) is 4.41. The summed E-state index contributed by atoms with van der Waals surface area (Å²) in [6.07, 6.45) is 4.01. The van der Waals surface area contributed by atoms with Gasteiger partial charge in [0.25, 0.3) is 0 Å². The minimum atomic E-state index is -0.753. The highest BCUT2D eigenvalue weighted by molar-refractivity contribution is 5.69. The lowest BCUT2D eigenvalue weighted by Crippen LogP contribution is -2.44. The van der Waals surface area contributed by atoms with Gasteiger partial charge in [-0.25, -0.2) is 0 Å². The molecule has 2 aliphatic heterocycles. The van der Waals surface area contributed by atoms with Crippen molar-refractivity contribution >= 4 is 5.97 Å². The highest BCUT2D eigenvalue weighted by atomic mass is 16.5. The molecule has 122 valence electrons. The van der Waals surface area contributed by atoms with Crippen LogP contribution in [-0.2, 0) is 22.6 Å². The average Bonchev–Trinajstić information content (AvgIpc) is 2.74. The van der Waals surface area contributed by atoms with Gasteiger partial charge in [-0.1, -0.05) is 0 Å². The van der Waals surface area contributed by atoms with Crippen LogP contribution in [0.15, 0.2) is 12.4 Å². The van der Waals surface area contributed by atoms with E-state index in [2.05, 4.69) is 28.0 Å². The van der Waals surface area contributed by atoms with Gasteiger partial charge in [-0.3, -0.25) is 19.3 Å². The number of aryl methyl sites for hydroxylation is 1. The van der Waals surface area contributed by atoms with Gasteiger partial charge in [-0.15, -0.1) is 0 Å². The van der Waals surface area contributed by atoms with Gasteiger partial charge in [0.1, 0.15) is 0 Å². The van der Waals surface area contributed by atoms with Crippen molar-refractivity contribution in [2.24, 2.45) is 5.92 Å². The molecule has 7 heteroatoms. The summed E-state index contributed by atoms with van der Waals surface area (Å²) in [5, 5.41) is 13.4. The third kappa shape index (κ3) is 3.66. The van der Waals surface area contributed by atoms with E-state index in [4.69, 9.17) is 9.84 Å². The fourth-order valence-electron chi connectivity index (χ4n) is 3.44. The first-order valence-electron chi connectivity index (χ1n) is 7.91. The van der Waals surface area contributed by atoms with E-state index in [1.165, 1.54) is 5.56 Å². The number of carboxylic acid groups (broad SMARTS) is 1. The molecule has 1 aromatic heterocycles. The van der Waals surface area contributed by atoms with E-state index in [9.17, 15) is 4.79 Å². The maximum atomic E-state index is 11.0. The molecule has 22 heavy (non-hydrogen) atoms. The monoisotopic (exact) mass is 308 g/mol. The van der Waals surface area contributed by atoms with E-state index in [1.54, 1.807) is 0 Å². The molecular formula is C15H24N4O3. The highest BCUT2D eigenvalue weighted by Gasteiger charge is 2.33. The predicted octanol–water partition coefficient (Wildman–Crippen LogP) is 0.120. The van der Waals surface area contributed by atoms with Crippen LogP contribution in [0, 0.1) is 5.92 Å². The van der Waals surface area contributed by atoms with E-state index in [-0.39, 0.29) is 12.6 Å². The topological polar surface area (TPSA) is 70.8 Å². The maximum Gasteiger partial charge on any atom is 0.317 e. The summed E-state index contributed by atoms with van der Waals surface area (Å²) in [4.78, 5) is 15.5. The van der Waals surface area contributed by atoms with Gasteiger partial charge in [0.2, 0.25) is 0 Å². The molecule has 3 heterocycles. The average molecular weight is 308 g/mol. The Morgan fingerprint density at radius 3 is 3.00 bits per heavy atom. The highest BCUT2D eigenvalue weighted by Crippen LogP contribution is 2.21. The van der Waals surface area contributed by atoms with E-state index in [1.807, 2.05) is 10.9 Å². The zero-order valence-electron chi connectivity index (χ0n) is 13.0. The molecule has 1 aromatic rings. The normalized spacial score (nSPS) is 26.8. The lowest BCUT2D eigenvalue weighted by molar-refractivity contribution is -0.138. The summed E-state index contributed by atoms with van der Waals surface area (Å²) in [6, 6.07) is 0.247. The Hall–Kier alpha value is -1.44. The first-order chi connectivity index (χ1) is 10.6. The quantitative estimate of drug-likeness (QED) is 0.833. The second kappa shape index (κ2) is 6.76. The molecule has 1 N–H and O–H groups in total. The lowest BCUT2D eigenvalue weighted by atomic mass is 10.1. The van der Waals surface area contributed by atoms with E-state index >= 15 is 0 Å². The van der Waals surface area contributed by atoms with Crippen LogP contribution in [0.3, 0.4) is 0 Å². The number of aliphatic carboxylic acids is 1. The Kier molecular flexibility index (Phi) is 4.75. The van der Waals surface area contributed by atoms with Gasteiger partial charge in [0.05, 0.1) is 26.0 Å². The molecule has 2 bridgehead atoms. The molecule has 2 saturated heterocycles. The Morgan fingerprint density at radius 1 is 1.41 bits per heavy atom. The van der Waals surface area contributed by atoms with Crippen molar-refractivity contribution in [3.8, 4) is 0 Å². The van der Waals surface area contributed by atoms with Crippen molar-refractivity contribution in [2.45, 2.75) is 26.1 Å². The van der Waals surface area contributed by atoms with Crippen molar-refractivity contribution in [1.29, 1.82) is 0 Å². The van der Waals surface area contributed by atoms with E-state index in [0.717, 1.165) is 39.3 Å². The Balaban J connectivity index is 1.70. The number of carboxylic acids is 1. The summed E-state index contributed by atoms with van der Waals surface area (Å²) in [5.41, 5.74) is 1.21. The molecular weight excluding hydrogens is 284 g/mol. The van der Waals surface area contributed by atoms with Gasteiger partial charge in [-0.2, -0.15) is 5.10 Å². The summed E-state index contributed by atoms with van der Waals surface area (Å²) in [6.45, 7) is 7.83. The van der Waals surface area contributed by atoms with E-state index in [0.29, 0.717) is 12.5 Å². The van der Waals surface area contributed by atoms with Gasteiger partial charge in [0, 0.05) is 56.4 Å². The largest absolute Gasteiger partial charge is 0.480 e. The van der Waals surface area contributed by atoms with Crippen LogP contribution < -0.4 is 0 Å². The smallest absolute Gasteiger partial charge is 0.317 e. The minimum absolute atomic E-state index is 0.120. The number of rotatable bonds is 5. The van der Waals surface area contributed by atoms with E-state index < -0.39 is 5.97 Å². The second-order valence-corrected chi connectivity index (χ2v) is 6.28. The third-order valence-electron chi connectivity index (χ3n) is 4.41. The molecule has 0 spiro atoms. The predicted molar refractivity (Wildman–Crippen MR) is 80.5 cm³/mol. The summed E-state index contributed by atoms with van der Waals surface area (Å²) >= 11 is 0. The molecule has 7 nitrogen and oxygen atoms in total. The molecule has 0 saturated carbocycles. The Morgan fingerprint density at radius 2 is 2.27 bits per heavy atom. The van der Waals surface area contributed by atoms with Crippen LogP contribution in [0.5, 0.6) is 0 Å².